The minimum absolute atomic E-state index is 0.165. The second kappa shape index (κ2) is 38.6. The molecule has 0 heterocycles. The zero-order valence-electron chi connectivity index (χ0n) is 31.2. The van der Waals surface area contributed by atoms with E-state index in [9.17, 15) is 4.79 Å². The van der Waals surface area contributed by atoms with Gasteiger partial charge in [0.2, 0.25) is 0 Å². The number of unbranched alkanes of at least 4 members (excludes halogenated alkanes) is 22. The quantitative estimate of drug-likeness (QED) is 0.0666. The molecule has 0 bridgehead atoms. The Morgan fingerprint density at radius 1 is 0.478 bits per heavy atom. The average Bonchev–Trinajstić information content (AvgIpc) is 3.04. The van der Waals surface area contributed by atoms with Gasteiger partial charge in [0.15, 0.2) is 0 Å². The molecule has 0 aromatic heterocycles. The summed E-state index contributed by atoms with van der Waals surface area (Å²) in [5.41, 5.74) is 0. The maximum absolute atomic E-state index is 12.2. The van der Waals surface area contributed by atoms with Gasteiger partial charge >= 0.3 is 6.09 Å². The Balaban J connectivity index is 4.04. The summed E-state index contributed by atoms with van der Waals surface area (Å²) in [6, 6.07) is 0. The van der Waals surface area contributed by atoms with E-state index in [1.807, 2.05) is 13.8 Å². The van der Waals surface area contributed by atoms with Crippen LogP contribution in [-0.2, 0) is 23.7 Å². The van der Waals surface area contributed by atoms with Gasteiger partial charge in [-0.2, -0.15) is 0 Å². The van der Waals surface area contributed by atoms with E-state index in [0.29, 0.717) is 39.6 Å². The number of rotatable bonds is 38. The molecule has 0 aromatic rings. The minimum Gasteiger partial charge on any atom is -0.447 e. The van der Waals surface area contributed by atoms with Crippen LogP contribution in [-0.4, -0.2) is 71.1 Å². The topological polar surface area (TPSA) is 75.3 Å². The Morgan fingerprint density at radius 3 is 1.39 bits per heavy atom. The van der Waals surface area contributed by atoms with Gasteiger partial charge in [0.1, 0.15) is 6.61 Å². The first-order chi connectivity index (χ1) is 22.6. The summed E-state index contributed by atoms with van der Waals surface area (Å²) >= 11 is 0. The van der Waals surface area contributed by atoms with Crippen LogP contribution in [0.2, 0.25) is 0 Å². The first-order valence-electron chi connectivity index (χ1n) is 19.9. The SMILES string of the molecule is CCCCCCCCCCCCCCOCC(CNC(=O)OCCOCCOC(C)C)OCCCCCCCCCCCCCC. The summed E-state index contributed by atoms with van der Waals surface area (Å²) < 4.78 is 28.3. The van der Waals surface area contributed by atoms with Gasteiger partial charge in [0.25, 0.3) is 0 Å². The van der Waals surface area contributed by atoms with Crippen molar-refractivity contribution in [1.82, 2.24) is 5.32 Å². The molecule has 46 heavy (non-hydrogen) atoms. The second-order valence-electron chi connectivity index (χ2n) is 13.4. The first kappa shape index (κ1) is 45.1. The number of ether oxygens (including phenoxy) is 5. The molecule has 0 aliphatic carbocycles. The van der Waals surface area contributed by atoms with Crippen LogP contribution in [0.1, 0.15) is 182 Å². The number of hydrogen-bond acceptors (Lipinski definition) is 6. The zero-order valence-corrected chi connectivity index (χ0v) is 31.2. The van der Waals surface area contributed by atoms with Crippen LogP contribution in [0.15, 0.2) is 0 Å². The number of amides is 1. The number of carbonyl (C=O) groups excluding carboxylic acids is 1. The van der Waals surface area contributed by atoms with Crippen molar-refractivity contribution in [3.8, 4) is 0 Å². The molecule has 1 amide bonds. The van der Waals surface area contributed by atoms with Crippen molar-refractivity contribution in [3.05, 3.63) is 0 Å². The molecule has 7 heteroatoms. The second-order valence-corrected chi connectivity index (χ2v) is 13.4. The first-order valence-corrected chi connectivity index (χ1v) is 19.9. The van der Waals surface area contributed by atoms with Gasteiger partial charge in [0, 0.05) is 19.8 Å². The van der Waals surface area contributed by atoms with Gasteiger partial charge < -0.3 is 29.0 Å². The van der Waals surface area contributed by atoms with Gasteiger partial charge in [-0.25, -0.2) is 4.79 Å². The summed E-state index contributed by atoms with van der Waals surface area (Å²) in [5, 5.41) is 2.85. The molecule has 0 saturated heterocycles. The highest BCUT2D eigenvalue weighted by atomic mass is 16.6. The van der Waals surface area contributed by atoms with Gasteiger partial charge in [-0.1, -0.05) is 155 Å². The monoisotopic (exact) mass is 658 g/mol. The predicted octanol–water partition coefficient (Wildman–Crippen LogP) is 11.0. The lowest BCUT2D eigenvalue weighted by molar-refractivity contribution is -0.0183. The molecule has 0 aromatic carbocycles. The van der Waals surface area contributed by atoms with Crippen LogP contribution < -0.4 is 5.32 Å². The summed E-state index contributed by atoms with van der Waals surface area (Å²) in [7, 11) is 0. The number of alkyl carbamates (subject to hydrolysis) is 1. The fraction of sp³-hybridized carbons (Fsp3) is 0.974. The summed E-state index contributed by atoms with van der Waals surface area (Å²) in [5.74, 6) is 0. The molecule has 0 rings (SSSR count). The van der Waals surface area contributed by atoms with E-state index in [2.05, 4.69) is 19.2 Å². The van der Waals surface area contributed by atoms with Crippen molar-refractivity contribution in [2.75, 3.05) is 52.8 Å². The third kappa shape index (κ3) is 37.6. The molecule has 0 fully saturated rings. The fourth-order valence-corrected chi connectivity index (χ4v) is 5.51. The lowest BCUT2D eigenvalue weighted by atomic mass is 10.1. The van der Waals surface area contributed by atoms with Crippen LogP contribution in [0.3, 0.4) is 0 Å². The molecule has 1 unspecified atom stereocenters. The lowest BCUT2D eigenvalue weighted by Crippen LogP contribution is -2.37. The zero-order chi connectivity index (χ0) is 33.6. The normalized spacial score (nSPS) is 12.2. The summed E-state index contributed by atoms with van der Waals surface area (Å²) in [6.45, 7) is 12.5. The highest BCUT2D eigenvalue weighted by molar-refractivity contribution is 5.67. The molecule has 7 nitrogen and oxygen atoms in total. The van der Waals surface area contributed by atoms with E-state index in [4.69, 9.17) is 23.7 Å². The number of carbonyl (C=O) groups is 1. The molecule has 0 spiro atoms. The van der Waals surface area contributed by atoms with Crippen molar-refractivity contribution in [3.63, 3.8) is 0 Å². The van der Waals surface area contributed by atoms with Crippen molar-refractivity contribution in [2.45, 2.75) is 194 Å². The van der Waals surface area contributed by atoms with Crippen LogP contribution >= 0.6 is 0 Å². The van der Waals surface area contributed by atoms with Crippen molar-refractivity contribution in [2.24, 2.45) is 0 Å². The van der Waals surface area contributed by atoms with Crippen LogP contribution in [0, 0.1) is 0 Å². The molecule has 1 N–H and O–H groups in total. The number of nitrogens with one attached hydrogen (secondary N) is 1. The fourth-order valence-electron chi connectivity index (χ4n) is 5.51. The summed E-state index contributed by atoms with van der Waals surface area (Å²) in [4.78, 5) is 12.2. The Hall–Kier alpha value is -0.890. The molecule has 1 atom stereocenters. The van der Waals surface area contributed by atoms with Crippen molar-refractivity contribution < 1.29 is 28.5 Å². The lowest BCUT2D eigenvalue weighted by Gasteiger charge is -2.19. The largest absolute Gasteiger partial charge is 0.447 e. The molecule has 0 aliphatic heterocycles. The molecule has 276 valence electrons. The van der Waals surface area contributed by atoms with Gasteiger partial charge in [-0.15, -0.1) is 0 Å². The Bertz CT molecular complexity index is 591. The Labute approximate surface area is 286 Å². The molecular formula is C39H79NO6. The van der Waals surface area contributed by atoms with E-state index in [0.717, 1.165) is 19.4 Å². The summed E-state index contributed by atoms with van der Waals surface area (Å²) in [6.07, 6.45) is 31.5. The van der Waals surface area contributed by atoms with E-state index in [1.165, 1.54) is 141 Å². The van der Waals surface area contributed by atoms with Crippen LogP contribution in [0.4, 0.5) is 4.79 Å². The van der Waals surface area contributed by atoms with Gasteiger partial charge in [-0.05, 0) is 26.7 Å². The van der Waals surface area contributed by atoms with Crippen molar-refractivity contribution in [1.29, 1.82) is 0 Å². The minimum atomic E-state index is -0.443. The molecule has 0 radical (unpaired) electrons. The maximum Gasteiger partial charge on any atom is 0.407 e. The van der Waals surface area contributed by atoms with Crippen molar-refractivity contribution >= 4 is 6.09 Å². The predicted molar refractivity (Wildman–Crippen MR) is 194 cm³/mol. The van der Waals surface area contributed by atoms with E-state index in [-0.39, 0.29) is 18.8 Å². The van der Waals surface area contributed by atoms with E-state index < -0.39 is 6.09 Å². The molecule has 0 saturated carbocycles. The third-order valence-electron chi connectivity index (χ3n) is 8.41. The maximum atomic E-state index is 12.2. The smallest absolute Gasteiger partial charge is 0.407 e. The Kier molecular flexibility index (Phi) is 37.8. The number of hydrogen-bond donors (Lipinski definition) is 1. The van der Waals surface area contributed by atoms with Crippen LogP contribution in [0.5, 0.6) is 0 Å². The highest BCUT2D eigenvalue weighted by Crippen LogP contribution is 2.13. The molecular weight excluding hydrogens is 578 g/mol. The van der Waals surface area contributed by atoms with E-state index in [1.54, 1.807) is 0 Å². The third-order valence-corrected chi connectivity index (χ3v) is 8.41. The highest BCUT2D eigenvalue weighted by Gasteiger charge is 2.12. The van der Waals surface area contributed by atoms with Crippen LogP contribution in [0.25, 0.3) is 0 Å². The standard InChI is InChI=1S/C39H79NO6/c1-5-7-9-11-13-15-17-19-21-23-25-27-29-43-36-38(35-40-39(41)46-34-32-42-31-33-44-37(3)4)45-30-28-26-24-22-20-18-16-14-12-10-8-6-2/h37-38H,5-36H2,1-4H3,(H,40,41). The Morgan fingerprint density at radius 2 is 0.913 bits per heavy atom. The molecule has 0 aliphatic rings. The van der Waals surface area contributed by atoms with E-state index >= 15 is 0 Å². The van der Waals surface area contributed by atoms with Gasteiger partial charge in [-0.3, -0.25) is 0 Å². The average molecular weight is 658 g/mol. The van der Waals surface area contributed by atoms with Gasteiger partial charge in [0.05, 0.1) is 38.6 Å².